The van der Waals surface area contributed by atoms with Gasteiger partial charge in [-0.3, -0.25) is 0 Å². The van der Waals surface area contributed by atoms with Crippen LogP contribution in [0.5, 0.6) is 23.0 Å². The van der Waals surface area contributed by atoms with E-state index >= 15 is 0 Å². The smallest absolute Gasteiger partial charge is 0.173 e. The Balaban J connectivity index is 1.27. The van der Waals surface area contributed by atoms with Crippen LogP contribution in [0.15, 0.2) is 36.7 Å². The average Bonchev–Trinajstić information content (AvgIpc) is 2.87. The molecule has 0 atom stereocenters. The van der Waals surface area contributed by atoms with Crippen molar-refractivity contribution >= 4 is 39.7 Å². The van der Waals surface area contributed by atoms with Crippen molar-refractivity contribution in [3.05, 3.63) is 36.7 Å². The Bertz CT molecular complexity index is 1180. The van der Waals surface area contributed by atoms with Crippen LogP contribution in [0, 0.1) is 0 Å². The zero-order valence-corrected chi connectivity index (χ0v) is 19.4. The number of ether oxygens (including phenoxy) is 4. The lowest BCUT2D eigenvalue weighted by Crippen LogP contribution is -2.50. The molecule has 1 saturated heterocycles. The van der Waals surface area contributed by atoms with Gasteiger partial charge in [0, 0.05) is 49.4 Å². The van der Waals surface area contributed by atoms with Crippen molar-refractivity contribution in [3.63, 3.8) is 0 Å². The van der Waals surface area contributed by atoms with Crippen molar-refractivity contribution in [2.75, 3.05) is 63.8 Å². The highest BCUT2D eigenvalue weighted by Crippen LogP contribution is 2.35. The quantitative estimate of drug-likeness (QED) is 0.579. The average molecular weight is 468 g/mol. The van der Waals surface area contributed by atoms with E-state index in [1.165, 1.54) is 0 Å². The summed E-state index contributed by atoms with van der Waals surface area (Å²) in [4.78, 5) is 13.4. The molecule has 9 nitrogen and oxygen atoms in total. The number of benzene rings is 2. The molecule has 3 heterocycles. The number of methoxy groups -OCH3 is 2. The molecule has 33 heavy (non-hydrogen) atoms. The van der Waals surface area contributed by atoms with E-state index in [1.807, 2.05) is 30.3 Å². The molecule has 5 rings (SSSR count). The Labute approximate surface area is 197 Å². The van der Waals surface area contributed by atoms with E-state index in [1.54, 1.807) is 20.5 Å². The highest BCUT2D eigenvalue weighted by Gasteiger charge is 2.23. The zero-order valence-electron chi connectivity index (χ0n) is 18.5. The zero-order chi connectivity index (χ0) is 22.8. The molecule has 3 aromatic rings. The number of rotatable bonds is 4. The summed E-state index contributed by atoms with van der Waals surface area (Å²) in [6.07, 6.45) is 1.59. The molecule has 0 aliphatic carbocycles. The molecule has 0 bridgehead atoms. The Morgan fingerprint density at radius 3 is 2.42 bits per heavy atom. The summed E-state index contributed by atoms with van der Waals surface area (Å²) in [5.41, 5.74) is 1.70. The molecule has 0 unspecified atom stereocenters. The minimum atomic E-state index is 0.555. The fourth-order valence-corrected chi connectivity index (χ4v) is 4.37. The summed E-state index contributed by atoms with van der Waals surface area (Å²) in [5.74, 6) is 3.69. The number of nitrogens with one attached hydrogen (secondary N) is 1. The molecule has 0 saturated carbocycles. The number of piperazine rings is 1. The number of anilines is 2. The second kappa shape index (κ2) is 9.14. The SMILES string of the molecule is COc1cc2ncnc(N3CCN(C(=S)Nc4ccc5c(c4)OCCO5)CC3)c2cc1OC. The van der Waals surface area contributed by atoms with Gasteiger partial charge in [-0.05, 0) is 30.4 Å². The number of hydrogen-bond acceptors (Lipinski definition) is 8. The van der Waals surface area contributed by atoms with Gasteiger partial charge in [0.2, 0.25) is 0 Å². The molecule has 2 aromatic carbocycles. The van der Waals surface area contributed by atoms with Crippen LogP contribution in [0.3, 0.4) is 0 Å². The third-order valence-electron chi connectivity index (χ3n) is 5.78. The van der Waals surface area contributed by atoms with E-state index in [0.717, 1.165) is 60.1 Å². The summed E-state index contributed by atoms with van der Waals surface area (Å²) in [6, 6.07) is 9.59. The Kier molecular flexibility index (Phi) is 5.91. The highest BCUT2D eigenvalue weighted by molar-refractivity contribution is 7.80. The second-order valence-corrected chi connectivity index (χ2v) is 8.07. The number of nitrogens with zero attached hydrogens (tertiary/aromatic N) is 4. The third kappa shape index (κ3) is 4.25. The molecule has 1 N–H and O–H groups in total. The van der Waals surface area contributed by atoms with Crippen LogP contribution in [0.4, 0.5) is 11.5 Å². The molecular weight excluding hydrogens is 442 g/mol. The summed E-state index contributed by atoms with van der Waals surface area (Å²) in [5, 5.41) is 4.94. The van der Waals surface area contributed by atoms with Gasteiger partial charge in [-0.1, -0.05) is 0 Å². The molecular formula is C23H25N5O4S. The van der Waals surface area contributed by atoms with E-state index in [0.29, 0.717) is 29.8 Å². The normalized spacial score (nSPS) is 15.3. The molecule has 0 radical (unpaired) electrons. The van der Waals surface area contributed by atoms with E-state index in [4.69, 9.17) is 31.2 Å². The largest absolute Gasteiger partial charge is 0.493 e. The maximum atomic E-state index is 5.67. The van der Waals surface area contributed by atoms with Crippen molar-refractivity contribution in [2.24, 2.45) is 0 Å². The van der Waals surface area contributed by atoms with E-state index in [-0.39, 0.29) is 0 Å². The summed E-state index contributed by atoms with van der Waals surface area (Å²) in [6.45, 7) is 4.24. The molecule has 0 amide bonds. The van der Waals surface area contributed by atoms with Gasteiger partial charge in [0.15, 0.2) is 28.1 Å². The minimum Gasteiger partial charge on any atom is -0.493 e. The van der Waals surface area contributed by atoms with Crippen LogP contribution in [0.1, 0.15) is 0 Å². The number of hydrogen-bond donors (Lipinski definition) is 1. The summed E-state index contributed by atoms with van der Waals surface area (Å²) >= 11 is 5.67. The maximum Gasteiger partial charge on any atom is 0.173 e. The lowest BCUT2D eigenvalue weighted by molar-refractivity contribution is 0.171. The molecule has 1 aromatic heterocycles. The van der Waals surface area contributed by atoms with E-state index in [2.05, 4.69) is 25.1 Å². The Morgan fingerprint density at radius 2 is 1.67 bits per heavy atom. The van der Waals surface area contributed by atoms with Crippen LogP contribution in [0.2, 0.25) is 0 Å². The van der Waals surface area contributed by atoms with Crippen LogP contribution in [0.25, 0.3) is 10.9 Å². The molecule has 2 aliphatic heterocycles. The monoisotopic (exact) mass is 467 g/mol. The van der Waals surface area contributed by atoms with Gasteiger partial charge in [0.1, 0.15) is 25.4 Å². The van der Waals surface area contributed by atoms with Gasteiger partial charge in [-0.15, -0.1) is 0 Å². The topological polar surface area (TPSA) is 81.2 Å². The minimum absolute atomic E-state index is 0.555. The Hall–Kier alpha value is -3.53. The van der Waals surface area contributed by atoms with Crippen molar-refractivity contribution in [1.29, 1.82) is 0 Å². The molecule has 172 valence electrons. The standard InChI is InChI=1S/C23H25N5O4S/c1-29-19-12-16-17(13-20(19)30-2)24-14-25-22(16)27-5-7-28(8-6-27)23(33)26-15-3-4-18-21(11-15)32-10-9-31-18/h3-4,11-14H,5-10H2,1-2H3,(H,26,33). The summed E-state index contributed by atoms with van der Waals surface area (Å²) in [7, 11) is 3.24. The molecule has 1 fully saturated rings. The predicted molar refractivity (Wildman–Crippen MR) is 130 cm³/mol. The van der Waals surface area contributed by atoms with E-state index < -0.39 is 0 Å². The third-order valence-corrected chi connectivity index (χ3v) is 6.14. The second-order valence-electron chi connectivity index (χ2n) is 7.68. The lowest BCUT2D eigenvalue weighted by atomic mass is 10.2. The molecule has 2 aliphatic rings. The van der Waals surface area contributed by atoms with Gasteiger partial charge in [-0.25, -0.2) is 9.97 Å². The molecule has 0 spiro atoms. The van der Waals surface area contributed by atoms with Gasteiger partial charge in [0.05, 0.1) is 19.7 Å². The molecule has 10 heteroatoms. The van der Waals surface area contributed by atoms with Crippen LogP contribution in [-0.2, 0) is 0 Å². The van der Waals surface area contributed by atoms with Crippen molar-refractivity contribution in [2.45, 2.75) is 0 Å². The number of thiocarbonyl (C=S) groups is 1. The fraction of sp³-hybridized carbons (Fsp3) is 0.348. The van der Waals surface area contributed by atoms with Crippen molar-refractivity contribution < 1.29 is 18.9 Å². The predicted octanol–water partition coefficient (Wildman–Crippen LogP) is 2.94. The lowest BCUT2D eigenvalue weighted by Gasteiger charge is -2.37. The first-order chi connectivity index (χ1) is 16.2. The fourth-order valence-electron chi connectivity index (χ4n) is 4.07. The maximum absolute atomic E-state index is 5.67. The van der Waals surface area contributed by atoms with Gasteiger partial charge in [-0.2, -0.15) is 0 Å². The highest BCUT2D eigenvalue weighted by atomic mass is 32.1. The van der Waals surface area contributed by atoms with Gasteiger partial charge in [0.25, 0.3) is 0 Å². The van der Waals surface area contributed by atoms with Gasteiger partial charge >= 0.3 is 0 Å². The van der Waals surface area contributed by atoms with Crippen LogP contribution in [-0.4, -0.2) is 73.6 Å². The first-order valence-corrected chi connectivity index (χ1v) is 11.1. The van der Waals surface area contributed by atoms with Crippen LogP contribution < -0.4 is 29.2 Å². The first-order valence-electron chi connectivity index (χ1n) is 10.7. The van der Waals surface area contributed by atoms with Gasteiger partial charge < -0.3 is 34.1 Å². The Morgan fingerprint density at radius 1 is 0.939 bits per heavy atom. The van der Waals surface area contributed by atoms with Crippen molar-refractivity contribution in [1.82, 2.24) is 14.9 Å². The van der Waals surface area contributed by atoms with Crippen LogP contribution >= 0.6 is 12.2 Å². The van der Waals surface area contributed by atoms with Crippen molar-refractivity contribution in [3.8, 4) is 23.0 Å². The first kappa shape index (κ1) is 21.3. The summed E-state index contributed by atoms with van der Waals surface area (Å²) < 4.78 is 22.1. The van der Waals surface area contributed by atoms with E-state index in [9.17, 15) is 0 Å². The number of fused-ring (bicyclic) bond motifs is 2. The number of aromatic nitrogens is 2.